The summed E-state index contributed by atoms with van der Waals surface area (Å²) >= 11 is 0. The molecule has 2 atom stereocenters. The average molecular weight is 435 g/mol. The molecule has 0 N–H and O–H groups in total. The van der Waals surface area contributed by atoms with E-state index in [-0.39, 0.29) is 72.7 Å². The molecular weight excluding hydrogens is 420 g/mol. The number of hydrogen-bond acceptors (Lipinski definition) is 0. The molecule has 0 saturated heterocycles. The minimum Gasteiger partial charge on any atom is -1.00 e. The number of hydrogen-bond donors (Lipinski definition) is 0. The Morgan fingerprint density at radius 3 is 2.40 bits per heavy atom. The van der Waals surface area contributed by atoms with Crippen LogP contribution in [0.1, 0.15) is 26.7 Å². The molecule has 4 heteroatoms. The Bertz CT molecular complexity index is 222. The first-order chi connectivity index (χ1) is 5.29. The van der Waals surface area contributed by atoms with Gasteiger partial charge < -0.3 is 50.9 Å². The van der Waals surface area contributed by atoms with Gasteiger partial charge in [-0.05, 0) is 12.3 Å². The van der Waals surface area contributed by atoms with Gasteiger partial charge in [0.2, 0.25) is 0 Å². The summed E-state index contributed by atoms with van der Waals surface area (Å²) in [7, 11) is 0. The van der Waals surface area contributed by atoms with E-state index in [0.717, 1.165) is 11.8 Å². The summed E-state index contributed by atoms with van der Waals surface area (Å²) in [6, 6.07) is 0. The second kappa shape index (κ2) is 9.53. The minimum atomic E-state index is 0. The first-order valence-electron chi connectivity index (χ1n) is 4.49. The zero-order valence-corrected chi connectivity index (χ0v) is 15.3. The van der Waals surface area contributed by atoms with Crippen molar-refractivity contribution in [3.05, 3.63) is 29.7 Å². The minimum absolute atomic E-state index is 0. The summed E-state index contributed by atoms with van der Waals surface area (Å²) in [5, 5.41) is 0. The van der Waals surface area contributed by atoms with Gasteiger partial charge in [0.15, 0.2) is 0 Å². The molecule has 2 aliphatic carbocycles. The molecule has 0 nitrogen and oxygen atoms in total. The molecule has 0 aromatic rings. The maximum atomic E-state index is 2.34. The van der Waals surface area contributed by atoms with Crippen molar-refractivity contribution in [2.24, 2.45) is 11.8 Å². The second-order valence-corrected chi connectivity index (χ2v) is 3.80. The molecule has 0 amide bonds. The van der Waals surface area contributed by atoms with Gasteiger partial charge in [0.25, 0.3) is 0 Å². The van der Waals surface area contributed by atoms with Crippen LogP contribution in [0.5, 0.6) is 0 Å². The van der Waals surface area contributed by atoms with E-state index in [1.807, 2.05) is 0 Å². The molecule has 1 fully saturated rings. The molecule has 0 radical (unpaired) electrons. The molecule has 0 aromatic carbocycles. The normalized spacial score (nSPS) is 26.0. The molecule has 2 unspecified atom stereocenters. The van der Waals surface area contributed by atoms with Gasteiger partial charge in [-0.15, -0.1) is 19.1 Å². The maximum absolute atomic E-state index is 2.34. The summed E-state index contributed by atoms with van der Waals surface area (Å²) in [5.41, 5.74) is 1.63. The number of halogens is 3. The SMILES string of the molecule is C[C-]1C2=CC=CCC2CC1C.[Br-].[Br-].[Br-].[Ti+4]. The first kappa shape index (κ1) is 21.8. The molecular formula is C11H15Br3Ti. The Kier molecular flexibility index (Phi) is 13.8. The van der Waals surface area contributed by atoms with Gasteiger partial charge in [0, 0.05) is 0 Å². The molecule has 0 aromatic heterocycles. The third-order valence-electron chi connectivity index (χ3n) is 3.10. The van der Waals surface area contributed by atoms with Gasteiger partial charge in [0.1, 0.15) is 0 Å². The Hall–Kier alpha value is 1.50. The van der Waals surface area contributed by atoms with Crippen molar-refractivity contribution >= 4 is 0 Å². The van der Waals surface area contributed by atoms with Gasteiger partial charge in [-0.25, -0.2) is 17.6 Å². The zero-order chi connectivity index (χ0) is 7.84. The van der Waals surface area contributed by atoms with Gasteiger partial charge >= 0.3 is 21.7 Å². The van der Waals surface area contributed by atoms with Crippen LogP contribution >= 0.6 is 0 Å². The van der Waals surface area contributed by atoms with Crippen molar-refractivity contribution in [1.29, 1.82) is 0 Å². The maximum Gasteiger partial charge on any atom is 4.00 e. The number of rotatable bonds is 0. The summed E-state index contributed by atoms with van der Waals surface area (Å²) in [6.45, 7) is 4.63. The summed E-state index contributed by atoms with van der Waals surface area (Å²) in [4.78, 5) is 0. The summed E-state index contributed by atoms with van der Waals surface area (Å²) < 4.78 is 0. The zero-order valence-electron chi connectivity index (χ0n) is 8.93. The van der Waals surface area contributed by atoms with Crippen LogP contribution in [0.15, 0.2) is 23.8 Å². The van der Waals surface area contributed by atoms with E-state index in [1.54, 1.807) is 11.5 Å². The van der Waals surface area contributed by atoms with E-state index >= 15 is 0 Å². The van der Waals surface area contributed by atoms with Crippen LogP contribution < -0.4 is 50.9 Å². The Morgan fingerprint density at radius 1 is 1.27 bits per heavy atom. The first-order valence-corrected chi connectivity index (χ1v) is 4.49. The van der Waals surface area contributed by atoms with Crippen LogP contribution in [-0.2, 0) is 21.7 Å². The van der Waals surface area contributed by atoms with Crippen molar-refractivity contribution < 1.29 is 72.7 Å². The smallest absolute Gasteiger partial charge is 1.00 e. The third-order valence-corrected chi connectivity index (χ3v) is 3.10. The predicted octanol–water partition coefficient (Wildman–Crippen LogP) is -5.87. The molecule has 0 bridgehead atoms. The van der Waals surface area contributed by atoms with E-state index in [1.165, 1.54) is 12.8 Å². The molecule has 0 spiro atoms. The Balaban J connectivity index is -0.000000360. The Morgan fingerprint density at radius 2 is 1.87 bits per heavy atom. The monoisotopic (exact) mass is 432 g/mol. The van der Waals surface area contributed by atoms with Gasteiger partial charge in [-0.2, -0.15) is 0 Å². The van der Waals surface area contributed by atoms with E-state index in [0.29, 0.717) is 0 Å². The van der Waals surface area contributed by atoms with Gasteiger partial charge in [0.05, 0.1) is 0 Å². The van der Waals surface area contributed by atoms with Crippen LogP contribution in [0.2, 0.25) is 0 Å². The van der Waals surface area contributed by atoms with E-state index in [9.17, 15) is 0 Å². The largest absolute Gasteiger partial charge is 4.00 e. The molecule has 1 saturated carbocycles. The fourth-order valence-corrected chi connectivity index (χ4v) is 2.24. The van der Waals surface area contributed by atoms with Gasteiger partial charge in [-0.1, -0.05) is 19.3 Å². The quantitative estimate of drug-likeness (QED) is 0.263. The second-order valence-electron chi connectivity index (χ2n) is 3.80. The fourth-order valence-electron chi connectivity index (χ4n) is 2.24. The van der Waals surface area contributed by atoms with Crippen LogP contribution in [0.4, 0.5) is 0 Å². The van der Waals surface area contributed by atoms with Crippen LogP contribution in [-0.4, -0.2) is 0 Å². The number of allylic oxidation sites excluding steroid dienone is 4. The van der Waals surface area contributed by atoms with Crippen molar-refractivity contribution in [2.45, 2.75) is 26.7 Å². The van der Waals surface area contributed by atoms with Gasteiger partial charge in [-0.3, -0.25) is 0 Å². The molecule has 2 rings (SSSR count). The topological polar surface area (TPSA) is 0 Å². The standard InChI is InChI=1S/C11H15.3BrH.Ti/c1-8-7-10-5-3-4-6-11(10)9(8)2;;;;/h3-4,6,8,10H,5,7H2,1-2H3;3*1H;/q-1;;;;+4/p-3. The van der Waals surface area contributed by atoms with Crippen molar-refractivity contribution in [2.75, 3.05) is 0 Å². The molecule has 0 heterocycles. The third kappa shape index (κ3) is 4.71. The Labute approximate surface area is 140 Å². The summed E-state index contributed by atoms with van der Waals surface area (Å²) in [5.74, 6) is 3.31. The van der Waals surface area contributed by atoms with Crippen molar-refractivity contribution in [1.82, 2.24) is 0 Å². The van der Waals surface area contributed by atoms with E-state index in [4.69, 9.17) is 0 Å². The van der Waals surface area contributed by atoms with Crippen molar-refractivity contribution in [3.8, 4) is 0 Å². The molecule has 84 valence electrons. The number of fused-ring (bicyclic) bond motifs is 1. The van der Waals surface area contributed by atoms with E-state index < -0.39 is 0 Å². The van der Waals surface area contributed by atoms with Crippen LogP contribution in [0.25, 0.3) is 0 Å². The van der Waals surface area contributed by atoms with Crippen LogP contribution in [0.3, 0.4) is 0 Å². The summed E-state index contributed by atoms with van der Waals surface area (Å²) in [6.07, 6.45) is 9.44. The molecule has 2 aliphatic rings. The average Bonchev–Trinajstić information content (AvgIpc) is 2.30. The molecule has 0 aliphatic heterocycles. The van der Waals surface area contributed by atoms with E-state index in [2.05, 4.69) is 32.1 Å². The van der Waals surface area contributed by atoms with Crippen molar-refractivity contribution in [3.63, 3.8) is 0 Å². The van der Waals surface area contributed by atoms with Crippen LogP contribution in [0, 0.1) is 17.8 Å². The predicted molar refractivity (Wildman–Crippen MR) is 48.0 cm³/mol. The fraction of sp³-hybridized carbons (Fsp3) is 0.545. The molecule has 15 heavy (non-hydrogen) atoms.